The summed E-state index contributed by atoms with van der Waals surface area (Å²) in [5.41, 5.74) is 0.978. The average Bonchev–Trinajstić information content (AvgIpc) is 3.40. The molecule has 2 saturated heterocycles. The minimum atomic E-state index is -0.242. The number of hydrogen-bond acceptors (Lipinski definition) is 5. The number of halogens is 1. The van der Waals surface area contributed by atoms with Crippen LogP contribution in [0.3, 0.4) is 0 Å². The number of aromatic nitrogens is 2. The third kappa shape index (κ3) is 5.30. The molecular weight excluding hydrogens is 389 g/mol. The molecule has 8 heteroatoms. The van der Waals surface area contributed by atoms with Gasteiger partial charge < -0.3 is 15.1 Å². The third-order valence-corrected chi connectivity index (χ3v) is 6.66. The monoisotopic (exact) mass is 418 g/mol. The molecule has 0 bridgehead atoms. The SMILES string of the molecule is O=C(NCC[NH+]1CCCCC1)[C@@H]1CCCN1c1nc(Cc2ccc(F)cc2)ns1. The van der Waals surface area contributed by atoms with E-state index in [2.05, 4.69) is 19.6 Å². The van der Waals surface area contributed by atoms with E-state index in [9.17, 15) is 9.18 Å². The molecule has 2 aliphatic rings. The number of likely N-dealkylation sites (tertiary alicyclic amines) is 1. The summed E-state index contributed by atoms with van der Waals surface area (Å²) in [4.78, 5) is 21.1. The Morgan fingerprint density at radius 2 is 2.00 bits per heavy atom. The predicted octanol–water partition coefficient (Wildman–Crippen LogP) is 1.42. The van der Waals surface area contributed by atoms with Gasteiger partial charge in [-0.2, -0.15) is 4.37 Å². The van der Waals surface area contributed by atoms with Crippen LogP contribution in [0.25, 0.3) is 0 Å². The molecule has 156 valence electrons. The van der Waals surface area contributed by atoms with Gasteiger partial charge in [0, 0.05) is 24.5 Å². The molecule has 1 aromatic carbocycles. The van der Waals surface area contributed by atoms with Crippen LogP contribution in [0, 0.1) is 5.82 Å². The number of carbonyl (C=O) groups is 1. The Morgan fingerprint density at radius 3 is 2.79 bits per heavy atom. The Labute approximate surface area is 175 Å². The van der Waals surface area contributed by atoms with E-state index in [4.69, 9.17) is 0 Å². The quantitative estimate of drug-likeness (QED) is 0.714. The lowest BCUT2D eigenvalue weighted by atomic mass is 10.1. The van der Waals surface area contributed by atoms with Crippen molar-refractivity contribution in [1.29, 1.82) is 0 Å². The Kier molecular flexibility index (Phi) is 6.71. The van der Waals surface area contributed by atoms with Crippen molar-refractivity contribution < 1.29 is 14.1 Å². The zero-order valence-electron chi connectivity index (χ0n) is 16.7. The molecule has 2 fully saturated rings. The highest BCUT2D eigenvalue weighted by atomic mass is 32.1. The molecule has 1 amide bonds. The second-order valence-corrected chi connectivity index (χ2v) is 8.73. The van der Waals surface area contributed by atoms with E-state index in [1.54, 1.807) is 17.0 Å². The summed E-state index contributed by atoms with van der Waals surface area (Å²) in [5.74, 6) is 0.582. The Bertz CT molecular complexity index is 806. The molecule has 0 radical (unpaired) electrons. The van der Waals surface area contributed by atoms with Gasteiger partial charge >= 0.3 is 0 Å². The fourth-order valence-corrected chi connectivity index (χ4v) is 5.03. The van der Waals surface area contributed by atoms with Crippen molar-refractivity contribution in [2.45, 2.75) is 44.6 Å². The summed E-state index contributed by atoms with van der Waals surface area (Å²) in [6.07, 6.45) is 6.36. The maximum Gasteiger partial charge on any atom is 0.242 e. The van der Waals surface area contributed by atoms with Crippen molar-refractivity contribution in [3.8, 4) is 0 Å². The first-order valence-corrected chi connectivity index (χ1v) is 11.4. The predicted molar refractivity (Wildman–Crippen MR) is 112 cm³/mol. The van der Waals surface area contributed by atoms with Crippen LogP contribution in [0.15, 0.2) is 24.3 Å². The van der Waals surface area contributed by atoms with Gasteiger partial charge in [-0.15, -0.1) is 0 Å². The minimum absolute atomic E-state index is 0.106. The number of anilines is 1. The molecule has 3 heterocycles. The number of hydrogen-bond donors (Lipinski definition) is 2. The largest absolute Gasteiger partial charge is 0.349 e. The van der Waals surface area contributed by atoms with Crippen molar-refractivity contribution in [3.05, 3.63) is 41.5 Å². The Hall–Kier alpha value is -2.06. The van der Waals surface area contributed by atoms with E-state index in [0.717, 1.165) is 49.0 Å². The fourth-order valence-electron chi connectivity index (χ4n) is 4.27. The zero-order valence-corrected chi connectivity index (χ0v) is 17.5. The van der Waals surface area contributed by atoms with Crippen LogP contribution in [-0.4, -0.2) is 54.0 Å². The first kappa shape index (κ1) is 20.2. The van der Waals surface area contributed by atoms with Crippen molar-refractivity contribution >= 4 is 22.6 Å². The van der Waals surface area contributed by atoms with Crippen LogP contribution in [0.2, 0.25) is 0 Å². The van der Waals surface area contributed by atoms with Gasteiger partial charge in [-0.25, -0.2) is 9.37 Å². The van der Waals surface area contributed by atoms with Gasteiger partial charge in [0.05, 0.1) is 26.2 Å². The molecule has 0 aliphatic carbocycles. The van der Waals surface area contributed by atoms with E-state index in [1.807, 2.05) is 0 Å². The Balaban J connectivity index is 1.31. The van der Waals surface area contributed by atoms with Crippen LogP contribution >= 0.6 is 11.5 Å². The number of nitrogens with zero attached hydrogens (tertiary/aromatic N) is 3. The average molecular weight is 419 g/mol. The first-order valence-electron chi connectivity index (χ1n) is 10.6. The van der Waals surface area contributed by atoms with Crippen LogP contribution in [0.5, 0.6) is 0 Å². The van der Waals surface area contributed by atoms with Crippen molar-refractivity contribution in [2.75, 3.05) is 37.6 Å². The summed E-state index contributed by atoms with van der Waals surface area (Å²) < 4.78 is 17.5. The topological polar surface area (TPSA) is 62.6 Å². The minimum Gasteiger partial charge on any atom is -0.349 e. The Morgan fingerprint density at radius 1 is 1.21 bits per heavy atom. The molecular formula is C21H29FN5OS+. The second kappa shape index (κ2) is 9.63. The number of rotatable bonds is 7. The first-order chi connectivity index (χ1) is 14.2. The number of benzene rings is 1. The number of nitrogens with one attached hydrogen (secondary N) is 2. The van der Waals surface area contributed by atoms with Gasteiger partial charge in [0.15, 0.2) is 0 Å². The van der Waals surface area contributed by atoms with Gasteiger partial charge in [0.1, 0.15) is 17.7 Å². The molecule has 0 saturated carbocycles. The maximum absolute atomic E-state index is 13.1. The highest BCUT2D eigenvalue weighted by molar-refractivity contribution is 7.09. The van der Waals surface area contributed by atoms with E-state index < -0.39 is 0 Å². The normalized spacial score (nSPS) is 20.2. The van der Waals surface area contributed by atoms with E-state index in [-0.39, 0.29) is 17.8 Å². The molecule has 2 aliphatic heterocycles. The van der Waals surface area contributed by atoms with Crippen LogP contribution in [0.1, 0.15) is 43.5 Å². The third-order valence-electron chi connectivity index (χ3n) is 5.87. The fraction of sp³-hybridized carbons (Fsp3) is 0.571. The zero-order chi connectivity index (χ0) is 20.1. The lowest BCUT2D eigenvalue weighted by molar-refractivity contribution is -0.903. The summed E-state index contributed by atoms with van der Waals surface area (Å²) >= 11 is 1.34. The lowest BCUT2D eigenvalue weighted by Gasteiger charge is -2.25. The van der Waals surface area contributed by atoms with Crippen LogP contribution in [-0.2, 0) is 11.2 Å². The number of piperidine rings is 1. The maximum atomic E-state index is 13.1. The molecule has 4 rings (SSSR count). The van der Waals surface area contributed by atoms with E-state index in [0.29, 0.717) is 6.42 Å². The van der Waals surface area contributed by atoms with Gasteiger partial charge in [0.25, 0.3) is 0 Å². The van der Waals surface area contributed by atoms with Gasteiger partial charge in [-0.05, 0) is 49.8 Å². The summed E-state index contributed by atoms with van der Waals surface area (Å²) in [5, 5.41) is 3.95. The number of amides is 1. The van der Waals surface area contributed by atoms with Crippen LogP contribution < -0.4 is 15.1 Å². The van der Waals surface area contributed by atoms with Crippen molar-refractivity contribution in [1.82, 2.24) is 14.7 Å². The molecule has 2 aromatic rings. The lowest BCUT2D eigenvalue weighted by Crippen LogP contribution is -3.13. The molecule has 0 spiro atoms. The standard InChI is InChI=1S/C21H28FN5OS/c22-17-8-6-16(7-9-17)15-19-24-21(29-25-19)27-13-4-5-18(27)20(28)23-10-14-26-11-2-1-3-12-26/h6-9,18H,1-5,10-15H2,(H,23,28)/p+1/t18-/m0/s1. The smallest absolute Gasteiger partial charge is 0.242 e. The van der Waals surface area contributed by atoms with Gasteiger partial charge in [0.2, 0.25) is 11.0 Å². The molecule has 6 nitrogen and oxygen atoms in total. The highest BCUT2D eigenvalue weighted by Crippen LogP contribution is 2.27. The van der Waals surface area contributed by atoms with Crippen LogP contribution in [0.4, 0.5) is 9.52 Å². The van der Waals surface area contributed by atoms with Gasteiger partial charge in [-0.3, -0.25) is 4.79 Å². The molecule has 1 aromatic heterocycles. The number of carbonyl (C=O) groups excluding carboxylic acids is 1. The second-order valence-electron chi connectivity index (χ2n) is 8.00. The molecule has 2 N–H and O–H groups in total. The van der Waals surface area contributed by atoms with E-state index in [1.165, 1.54) is 56.0 Å². The number of quaternary nitrogens is 1. The molecule has 29 heavy (non-hydrogen) atoms. The summed E-state index contributed by atoms with van der Waals surface area (Å²) in [6.45, 7) is 5.05. The molecule has 0 unspecified atom stereocenters. The van der Waals surface area contributed by atoms with Crippen molar-refractivity contribution in [3.63, 3.8) is 0 Å². The molecule has 1 atom stereocenters. The van der Waals surface area contributed by atoms with Gasteiger partial charge in [-0.1, -0.05) is 12.1 Å². The summed E-state index contributed by atoms with van der Waals surface area (Å²) in [6, 6.07) is 6.27. The van der Waals surface area contributed by atoms with Crippen molar-refractivity contribution in [2.24, 2.45) is 0 Å². The highest BCUT2D eigenvalue weighted by Gasteiger charge is 2.33. The summed E-state index contributed by atoms with van der Waals surface area (Å²) in [7, 11) is 0. The van der Waals surface area contributed by atoms with E-state index >= 15 is 0 Å².